The van der Waals surface area contributed by atoms with Crippen LogP contribution in [-0.2, 0) is 13.6 Å². The summed E-state index contributed by atoms with van der Waals surface area (Å²) in [4.78, 5) is 4.28. The first-order chi connectivity index (χ1) is 8.17. The van der Waals surface area contributed by atoms with E-state index in [0.29, 0.717) is 6.54 Å². The Kier molecular flexibility index (Phi) is 3.49. The lowest BCUT2D eigenvalue weighted by molar-refractivity contribution is 0.416. The van der Waals surface area contributed by atoms with Gasteiger partial charge in [-0.3, -0.25) is 0 Å². The average molecular weight is 296 g/mol. The summed E-state index contributed by atoms with van der Waals surface area (Å²) >= 11 is 3.47. The van der Waals surface area contributed by atoms with Crippen LogP contribution in [0.15, 0.2) is 29.0 Å². The van der Waals surface area contributed by atoms with Crippen molar-refractivity contribution in [3.8, 4) is 17.0 Å². The number of aromatic nitrogens is 2. The van der Waals surface area contributed by atoms with Crippen molar-refractivity contribution < 1.29 is 4.74 Å². The van der Waals surface area contributed by atoms with Gasteiger partial charge in [-0.05, 0) is 18.2 Å². The lowest BCUT2D eigenvalue weighted by Gasteiger charge is -2.11. The molecule has 0 aliphatic rings. The van der Waals surface area contributed by atoms with E-state index in [1.807, 2.05) is 29.8 Å². The highest BCUT2D eigenvalue weighted by atomic mass is 79.9. The van der Waals surface area contributed by atoms with E-state index in [4.69, 9.17) is 10.5 Å². The minimum Gasteiger partial charge on any atom is -0.496 e. The maximum Gasteiger partial charge on any atom is 0.128 e. The SMILES string of the molecule is COc1ccc(Br)cc1-c1c(CN)ncn1C. The van der Waals surface area contributed by atoms with Crippen molar-refractivity contribution >= 4 is 15.9 Å². The van der Waals surface area contributed by atoms with Crippen LogP contribution in [0.5, 0.6) is 5.75 Å². The van der Waals surface area contributed by atoms with Gasteiger partial charge in [0.25, 0.3) is 0 Å². The van der Waals surface area contributed by atoms with E-state index in [0.717, 1.165) is 27.2 Å². The number of benzene rings is 1. The molecule has 0 spiro atoms. The molecule has 4 nitrogen and oxygen atoms in total. The number of imidazole rings is 1. The fourth-order valence-corrected chi connectivity index (χ4v) is 2.20. The first kappa shape index (κ1) is 12.1. The minimum atomic E-state index is 0.409. The molecule has 1 heterocycles. The van der Waals surface area contributed by atoms with E-state index in [9.17, 15) is 0 Å². The number of methoxy groups -OCH3 is 1. The summed E-state index contributed by atoms with van der Waals surface area (Å²) in [7, 11) is 3.60. The van der Waals surface area contributed by atoms with Gasteiger partial charge in [0.1, 0.15) is 5.75 Å². The number of rotatable bonds is 3. The van der Waals surface area contributed by atoms with Crippen molar-refractivity contribution in [3.05, 3.63) is 34.7 Å². The molecule has 0 saturated heterocycles. The second kappa shape index (κ2) is 4.89. The van der Waals surface area contributed by atoms with E-state index in [2.05, 4.69) is 20.9 Å². The third kappa shape index (κ3) is 2.21. The lowest BCUT2D eigenvalue weighted by Crippen LogP contribution is -2.01. The zero-order valence-electron chi connectivity index (χ0n) is 9.77. The van der Waals surface area contributed by atoms with Gasteiger partial charge in [0.2, 0.25) is 0 Å². The summed E-state index contributed by atoms with van der Waals surface area (Å²) in [6.07, 6.45) is 1.76. The molecular formula is C12H14BrN3O. The smallest absolute Gasteiger partial charge is 0.128 e. The number of nitrogens with zero attached hydrogens (tertiary/aromatic N) is 2. The topological polar surface area (TPSA) is 53.1 Å². The van der Waals surface area contributed by atoms with Crippen LogP contribution >= 0.6 is 15.9 Å². The summed E-state index contributed by atoms with van der Waals surface area (Å²) in [6, 6.07) is 5.88. The molecule has 1 aromatic heterocycles. The van der Waals surface area contributed by atoms with Gasteiger partial charge in [-0.2, -0.15) is 0 Å². The predicted octanol–water partition coefficient (Wildman–Crippen LogP) is 2.32. The number of hydrogen-bond donors (Lipinski definition) is 1. The van der Waals surface area contributed by atoms with Gasteiger partial charge in [-0.15, -0.1) is 0 Å². The molecule has 1 aromatic carbocycles. The first-order valence-electron chi connectivity index (χ1n) is 5.21. The second-order valence-electron chi connectivity index (χ2n) is 3.70. The van der Waals surface area contributed by atoms with Crippen molar-refractivity contribution in [1.29, 1.82) is 0 Å². The van der Waals surface area contributed by atoms with E-state index < -0.39 is 0 Å². The Labute approximate surface area is 109 Å². The van der Waals surface area contributed by atoms with Crippen LogP contribution in [-0.4, -0.2) is 16.7 Å². The van der Waals surface area contributed by atoms with Crippen LogP contribution in [0, 0.1) is 0 Å². The highest BCUT2D eigenvalue weighted by Gasteiger charge is 2.14. The molecule has 0 radical (unpaired) electrons. The van der Waals surface area contributed by atoms with Crippen molar-refractivity contribution in [2.45, 2.75) is 6.54 Å². The molecular weight excluding hydrogens is 282 g/mol. The summed E-state index contributed by atoms with van der Waals surface area (Å²) < 4.78 is 8.32. The zero-order chi connectivity index (χ0) is 12.4. The molecule has 2 aromatic rings. The number of halogens is 1. The number of hydrogen-bond acceptors (Lipinski definition) is 3. The molecule has 17 heavy (non-hydrogen) atoms. The molecule has 0 bridgehead atoms. The van der Waals surface area contributed by atoms with E-state index in [1.165, 1.54) is 0 Å². The summed E-state index contributed by atoms with van der Waals surface area (Å²) in [5.41, 5.74) is 8.55. The molecule has 2 rings (SSSR count). The molecule has 0 aliphatic carbocycles. The Hall–Kier alpha value is -1.33. The van der Waals surface area contributed by atoms with Crippen LogP contribution in [0.4, 0.5) is 0 Å². The normalized spacial score (nSPS) is 10.6. The molecule has 0 aliphatic heterocycles. The summed E-state index contributed by atoms with van der Waals surface area (Å²) in [5.74, 6) is 0.812. The molecule has 0 atom stereocenters. The van der Waals surface area contributed by atoms with Gasteiger partial charge < -0.3 is 15.0 Å². The van der Waals surface area contributed by atoms with Crippen LogP contribution in [0.2, 0.25) is 0 Å². The lowest BCUT2D eigenvalue weighted by atomic mass is 10.1. The number of nitrogens with two attached hydrogens (primary N) is 1. The fraction of sp³-hybridized carbons (Fsp3) is 0.250. The Morgan fingerprint density at radius 3 is 2.88 bits per heavy atom. The monoisotopic (exact) mass is 295 g/mol. The summed E-state index contributed by atoms with van der Waals surface area (Å²) in [6.45, 7) is 0.409. The van der Waals surface area contributed by atoms with Crippen LogP contribution in [0.3, 0.4) is 0 Å². The van der Waals surface area contributed by atoms with Crippen molar-refractivity contribution in [3.63, 3.8) is 0 Å². The highest BCUT2D eigenvalue weighted by Crippen LogP contribution is 2.33. The maximum atomic E-state index is 5.70. The van der Waals surface area contributed by atoms with Gasteiger partial charge in [0, 0.05) is 23.6 Å². The standard InChI is InChI=1S/C12H14BrN3O/c1-16-7-15-10(6-14)12(16)9-5-8(13)3-4-11(9)17-2/h3-5,7H,6,14H2,1-2H3. The van der Waals surface area contributed by atoms with Crippen molar-refractivity contribution in [2.75, 3.05) is 7.11 Å². The Morgan fingerprint density at radius 2 is 2.24 bits per heavy atom. The van der Waals surface area contributed by atoms with Crippen LogP contribution < -0.4 is 10.5 Å². The Morgan fingerprint density at radius 1 is 1.47 bits per heavy atom. The van der Waals surface area contributed by atoms with Gasteiger partial charge in [0.05, 0.1) is 24.8 Å². The molecule has 0 unspecified atom stereocenters. The molecule has 0 amide bonds. The molecule has 0 saturated carbocycles. The van der Waals surface area contributed by atoms with E-state index in [1.54, 1.807) is 13.4 Å². The van der Waals surface area contributed by atoms with Crippen molar-refractivity contribution in [2.24, 2.45) is 12.8 Å². The van der Waals surface area contributed by atoms with Gasteiger partial charge in [-0.1, -0.05) is 15.9 Å². The first-order valence-corrected chi connectivity index (χ1v) is 6.01. The maximum absolute atomic E-state index is 5.70. The third-order valence-electron chi connectivity index (χ3n) is 2.62. The van der Waals surface area contributed by atoms with Crippen molar-refractivity contribution in [1.82, 2.24) is 9.55 Å². The molecule has 5 heteroatoms. The van der Waals surface area contributed by atoms with Crippen LogP contribution in [0.25, 0.3) is 11.3 Å². The molecule has 0 fully saturated rings. The Balaban J connectivity index is 2.66. The van der Waals surface area contributed by atoms with E-state index in [-0.39, 0.29) is 0 Å². The second-order valence-corrected chi connectivity index (χ2v) is 4.62. The minimum absolute atomic E-state index is 0.409. The third-order valence-corrected chi connectivity index (χ3v) is 3.12. The Bertz CT molecular complexity index is 537. The average Bonchev–Trinajstić information content (AvgIpc) is 2.70. The fourth-order valence-electron chi connectivity index (χ4n) is 1.84. The summed E-state index contributed by atoms with van der Waals surface area (Å²) in [5, 5.41) is 0. The molecule has 90 valence electrons. The van der Waals surface area contributed by atoms with Gasteiger partial charge >= 0.3 is 0 Å². The van der Waals surface area contributed by atoms with Gasteiger partial charge in [0.15, 0.2) is 0 Å². The predicted molar refractivity (Wildman–Crippen MR) is 70.8 cm³/mol. The number of aryl methyl sites for hydroxylation is 1. The largest absolute Gasteiger partial charge is 0.496 e. The van der Waals surface area contributed by atoms with E-state index >= 15 is 0 Å². The zero-order valence-corrected chi connectivity index (χ0v) is 11.4. The van der Waals surface area contributed by atoms with Crippen LogP contribution in [0.1, 0.15) is 5.69 Å². The highest BCUT2D eigenvalue weighted by molar-refractivity contribution is 9.10. The molecule has 2 N–H and O–H groups in total. The van der Waals surface area contributed by atoms with Gasteiger partial charge in [-0.25, -0.2) is 4.98 Å². The number of ether oxygens (including phenoxy) is 1. The quantitative estimate of drug-likeness (QED) is 0.945.